The van der Waals surface area contributed by atoms with Crippen LogP contribution in [0.5, 0.6) is 0 Å². The largest absolute Gasteiger partial charge is 0.319 e. The van der Waals surface area contributed by atoms with E-state index in [1.165, 1.54) is 30.5 Å². The predicted molar refractivity (Wildman–Crippen MR) is 59.0 cm³/mol. The van der Waals surface area contributed by atoms with Crippen molar-refractivity contribution in [3.05, 3.63) is 23.3 Å². The van der Waals surface area contributed by atoms with Gasteiger partial charge in [0, 0.05) is 24.6 Å². The van der Waals surface area contributed by atoms with Crippen LogP contribution in [0.25, 0.3) is 0 Å². The summed E-state index contributed by atoms with van der Waals surface area (Å²) < 4.78 is 0. The number of fused-ring (bicyclic) bond motifs is 1. The predicted octanol–water partition coefficient (Wildman–Crippen LogP) is 1.60. The lowest BCUT2D eigenvalue weighted by Gasteiger charge is -2.10. The topological polar surface area (TPSA) is 37.8 Å². The van der Waals surface area contributed by atoms with Crippen molar-refractivity contribution in [1.29, 1.82) is 0 Å². The molecule has 0 aromatic carbocycles. The molecule has 3 nitrogen and oxygen atoms in total. The molecule has 3 heteroatoms. The number of nitrogens with zero attached hydrogens (tertiary/aromatic N) is 2. The Kier molecular flexibility index (Phi) is 2.20. The number of nitrogens with one attached hydrogen (secondary N) is 1. The number of hydrogen-bond donors (Lipinski definition) is 1. The minimum Gasteiger partial charge on any atom is -0.319 e. The Morgan fingerprint density at radius 2 is 2.27 bits per heavy atom. The van der Waals surface area contributed by atoms with Crippen LogP contribution in [0.1, 0.15) is 48.2 Å². The standard InChI is InChI=1S/C12H17N3/c1-13-6-9-4-5-10-7-14-12(8-2-3-8)15-11(9)10/h7-9,13H,2-6H2,1H3. The molecule has 0 saturated heterocycles. The second-order valence-electron chi connectivity index (χ2n) is 4.71. The van der Waals surface area contributed by atoms with E-state index in [-0.39, 0.29) is 0 Å². The van der Waals surface area contributed by atoms with Crippen molar-refractivity contribution in [1.82, 2.24) is 15.3 Å². The zero-order chi connectivity index (χ0) is 10.3. The molecule has 1 fully saturated rings. The highest BCUT2D eigenvalue weighted by atomic mass is 14.9. The van der Waals surface area contributed by atoms with Gasteiger partial charge in [-0.15, -0.1) is 0 Å². The number of aryl methyl sites for hydroxylation is 1. The van der Waals surface area contributed by atoms with Gasteiger partial charge in [-0.3, -0.25) is 0 Å². The van der Waals surface area contributed by atoms with Crippen molar-refractivity contribution in [3.63, 3.8) is 0 Å². The lowest BCUT2D eigenvalue weighted by atomic mass is 10.1. The molecule has 1 heterocycles. The monoisotopic (exact) mass is 203 g/mol. The Labute approximate surface area is 90.3 Å². The SMILES string of the molecule is CNCC1CCc2cnc(C3CC3)nc21. The number of likely N-dealkylation sites (N-methyl/N-ethyl adjacent to an activating group) is 1. The quantitative estimate of drug-likeness (QED) is 0.811. The van der Waals surface area contributed by atoms with Gasteiger partial charge in [-0.2, -0.15) is 0 Å². The summed E-state index contributed by atoms with van der Waals surface area (Å²) in [5.41, 5.74) is 2.70. The van der Waals surface area contributed by atoms with Gasteiger partial charge >= 0.3 is 0 Å². The summed E-state index contributed by atoms with van der Waals surface area (Å²) in [7, 11) is 2.01. The molecule has 0 bridgehead atoms. The molecule has 1 aromatic heterocycles. The third kappa shape index (κ3) is 1.65. The van der Waals surface area contributed by atoms with Crippen LogP contribution in [0.2, 0.25) is 0 Å². The van der Waals surface area contributed by atoms with E-state index in [2.05, 4.69) is 16.5 Å². The van der Waals surface area contributed by atoms with Crippen LogP contribution < -0.4 is 5.32 Å². The van der Waals surface area contributed by atoms with E-state index in [0.717, 1.165) is 18.8 Å². The molecule has 2 aliphatic carbocycles. The van der Waals surface area contributed by atoms with Crippen molar-refractivity contribution in [2.45, 2.75) is 37.5 Å². The molecular weight excluding hydrogens is 186 g/mol. The molecular formula is C12H17N3. The Morgan fingerprint density at radius 1 is 1.40 bits per heavy atom. The maximum absolute atomic E-state index is 4.76. The van der Waals surface area contributed by atoms with Crippen molar-refractivity contribution >= 4 is 0 Å². The summed E-state index contributed by atoms with van der Waals surface area (Å²) in [5.74, 6) is 2.38. The van der Waals surface area contributed by atoms with Crippen LogP contribution in [0.3, 0.4) is 0 Å². The fraction of sp³-hybridized carbons (Fsp3) is 0.667. The first kappa shape index (κ1) is 9.28. The van der Waals surface area contributed by atoms with Crippen molar-refractivity contribution < 1.29 is 0 Å². The van der Waals surface area contributed by atoms with Crippen LogP contribution >= 0.6 is 0 Å². The van der Waals surface area contributed by atoms with Gasteiger partial charge in [0.2, 0.25) is 0 Å². The second-order valence-corrected chi connectivity index (χ2v) is 4.71. The maximum Gasteiger partial charge on any atom is 0.131 e. The molecule has 1 N–H and O–H groups in total. The van der Waals surface area contributed by atoms with Crippen LogP contribution in [0.4, 0.5) is 0 Å². The summed E-state index contributed by atoms with van der Waals surface area (Å²) in [4.78, 5) is 9.24. The normalized spacial score (nSPS) is 24.2. The molecule has 0 radical (unpaired) electrons. The third-order valence-corrected chi connectivity index (χ3v) is 3.46. The Morgan fingerprint density at radius 3 is 3.00 bits per heavy atom. The fourth-order valence-corrected chi connectivity index (χ4v) is 2.43. The summed E-state index contributed by atoms with van der Waals surface area (Å²) in [6.45, 7) is 1.05. The van der Waals surface area contributed by atoms with Gasteiger partial charge in [-0.05, 0) is 38.3 Å². The molecule has 0 aliphatic heterocycles. The highest BCUT2D eigenvalue weighted by Gasteiger charge is 2.30. The van der Waals surface area contributed by atoms with E-state index < -0.39 is 0 Å². The van der Waals surface area contributed by atoms with Gasteiger partial charge in [0.15, 0.2) is 0 Å². The molecule has 3 rings (SSSR count). The van der Waals surface area contributed by atoms with Crippen LogP contribution in [0.15, 0.2) is 6.20 Å². The average molecular weight is 203 g/mol. The van der Waals surface area contributed by atoms with Crippen molar-refractivity contribution in [2.24, 2.45) is 0 Å². The molecule has 1 unspecified atom stereocenters. The van der Waals surface area contributed by atoms with E-state index in [1.54, 1.807) is 0 Å². The first-order chi connectivity index (χ1) is 7.38. The van der Waals surface area contributed by atoms with Gasteiger partial charge in [0.05, 0.1) is 5.69 Å². The first-order valence-corrected chi connectivity index (χ1v) is 5.89. The summed E-state index contributed by atoms with van der Waals surface area (Å²) in [5, 5.41) is 3.25. The lowest BCUT2D eigenvalue weighted by Crippen LogP contribution is -2.16. The highest BCUT2D eigenvalue weighted by Crippen LogP contribution is 2.39. The second kappa shape index (κ2) is 3.56. The Hall–Kier alpha value is -0.960. The molecule has 0 spiro atoms. The summed E-state index contributed by atoms with van der Waals surface area (Å²) in [6, 6.07) is 0. The smallest absolute Gasteiger partial charge is 0.131 e. The molecule has 0 amide bonds. The lowest BCUT2D eigenvalue weighted by molar-refractivity contribution is 0.610. The zero-order valence-corrected chi connectivity index (χ0v) is 9.16. The van der Waals surface area contributed by atoms with Crippen LogP contribution in [0, 0.1) is 0 Å². The van der Waals surface area contributed by atoms with Crippen molar-refractivity contribution in [2.75, 3.05) is 13.6 Å². The van der Waals surface area contributed by atoms with E-state index in [9.17, 15) is 0 Å². The molecule has 1 aromatic rings. The van der Waals surface area contributed by atoms with Crippen LogP contribution in [-0.4, -0.2) is 23.6 Å². The van der Waals surface area contributed by atoms with Gasteiger partial charge in [0.25, 0.3) is 0 Å². The van der Waals surface area contributed by atoms with Gasteiger partial charge in [-0.1, -0.05) is 0 Å². The number of rotatable bonds is 3. The number of aromatic nitrogens is 2. The molecule has 80 valence electrons. The summed E-state index contributed by atoms with van der Waals surface area (Å²) in [6.07, 6.45) is 7.03. The zero-order valence-electron chi connectivity index (χ0n) is 9.16. The Bertz CT molecular complexity index is 369. The molecule has 1 atom stereocenters. The molecule has 2 aliphatic rings. The van der Waals surface area contributed by atoms with Crippen LogP contribution in [-0.2, 0) is 6.42 Å². The van der Waals surface area contributed by atoms with Gasteiger partial charge < -0.3 is 5.32 Å². The average Bonchev–Trinajstić information content (AvgIpc) is 3.03. The maximum atomic E-state index is 4.76. The molecule has 1 saturated carbocycles. The first-order valence-electron chi connectivity index (χ1n) is 5.89. The minimum atomic E-state index is 0.616. The van der Waals surface area contributed by atoms with E-state index in [4.69, 9.17) is 4.98 Å². The van der Waals surface area contributed by atoms with Gasteiger partial charge in [-0.25, -0.2) is 9.97 Å². The minimum absolute atomic E-state index is 0.616. The van der Waals surface area contributed by atoms with Crippen molar-refractivity contribution in [3.8, 4) is 0 Å². The number of hydrogen-bond acceptors (Lipinski definition) is 3. The summed E-state index contributed by atoms with van der Waals surface area (Å²) >= 11 is 0. The third-order valence-electron chi connectivity index (χ3n) is 3.46. The highest BCUT2D eigenvalue weighted by molar-refractivity contribution is 5.28. The molecule has 15 heavy (non-hydrogen) atoms. The van der Waals surface area contributed by atoms with Gasteiger partial charge in [0.1, 0.15) is 5.82 Å². The van der Waals surface area contributed by atoms with E-state index in [1.807, 2.05) is 7.05 Å². The van der Waals surface area contributed by atoms with E-state index >= 15 is 0 Å². The Balaban J connectivity index is 1.91. The fourth-order valence-electron chi connectivity index (χ4n) is 2.43. The van der Waals surface area contributed by atoms with E-state index in [0.29, 0.717) is 11.8 Å².